The standard InChI is InChI=1S/C15H13BrClFN2O/c1-9-6-12(18)10(16)7-14(9)19-8-15(21)20-13-5-3-2-4-11(13)17/h2-7,19H,8H2,1H3,(H,20,21). The number of benzene rings is 2. The van der Waals surface area contributed by atoms with Gasteiger partial charge in [-0.3, -0.25) is 4.79 Å². The van der Waals surface area contributed by atoms with Gasteiger partial charge in [-0.2, -0.15) is 0 Å². The molecule has 0 aliphatic heterocycles. The Morgan fingerprint density at radius 2 is 2.00 bits per heavy atom. The molecular formula is C15H13BrClFN2O. The highest BCUT2D eigenvalue weighted by Gasteiger charge is 2.08. The Kier molecular flexibility index (Phi) is 5.20. The molecule has 0 saturated carbocycles. The zero-order valence-electron chi connectivity index (χ0n) is 11.2. The Hall–Kier alpha value is -1.59. The number of carbonyl (C=O) groups excluding carboxylic acids is 1. The fraction of sp³-hybridized carbons (Fsp3) is 0.133. The molecule has 0 bridgehead atoms. The van der Waals surface area contributed by atoms with Gasteiger partial charge < -0.3 is 10.6 Å². The van der Waals surface area contributed by atoms with Gasteiger partial charge in [0.05, 0.1) is 21.7 Å². The molecule has 0 aliphatic rings. The maximum Gasteiger partial charge on any atom is 0.243 e. The fourth-order valence-corrected chi connectivity index (χ4v) is 2.30. The molecule has 0 aliphatic carbocycles. The van der Waals surface area contributed by atoms with Crippen LogP contribution in [0.5, 0.6) is 0 Å². The van der Waals surface area contributed by atoms with Crippen LogP contribution in [0, 0.1) is 12.7 Å². The Bertz CT molecular complexity index is 679. The molecule has 0 atom stereocenters. The molecule has 2 N–H and O–H groups in total. The van der Waals surface area contributed by atoms with Crippen molar-refractivity contribution in [2.75, 3.05) is 17.2 Å². The number of rotatable bonds is 4. The number of halogens is 3. The van der Waals surface area contributed by atoms with E-state index in [9.17, 15) is 9.18 Å². The fourth-order valence-electron chi connectivity index (χ4n) is 1.77. The molecule has 3 nitrogen and oxygen atoms in total. The van der Waals surface area contributed by atoms with E-state index < -0.39 is 0 Å². The van der Waals surface area contributed by atoms with Crippen molar-refractivity contribution in [3.05, 3.63) is 57.3 Å². The topological polar surface area (TPSA) is 41.1 Å². The lowest BCUT2D eigenvalue weighted by Crippen LogP contribution is -2.22. The summed E-state index contributed by atoms with van der Waals surface area (Å²) in [4.78, 5) is 11.9. The van der Waals surface area contributed by atoms with Crippen LogP contribution >= 0.6 is 27.5 Å². The third-order valence-electron chi connectivity index (χ3n) is 2.85. The molecule has 6 heteroatoms. The van der Waals surface area contributed by atoms with E-state index in [2.05, 4.69) is 26.6 Å². The molecule has 2 aromatic carbocycles. The van der Waals surface area contributed by atoms with Gasteiger partial charge in [0.2, 0.25) is 5.91 Å². The average molecular weight is 372 g/mol. The van der Waals surface area contributed by atoms with Crippen LogP contribution in [-0.2, 0) is 4.79 Å². The zero-order chi connectivity index (χ0) is 15.4. The lowest BCUT2D eigenvalue weighted by Gasteiger charge is -2.11. The number of para-hydroxylation sites is 1. The van der Waals surface area contributed by atoms with E-state index in [1.54, 1.807) is 37.3 Å². The van der Waals surface area contributed by atoms with E-state index >= 15 is 0 Å². The number of hydrogen-bond donors (Lipinski definition) is 2. The van der Waals surface area contributed by atoms with Gasteiger partial charge in [0.15, 0.2) is 0 Å². The summed E-state index contributed by atoms with van der Waals surface area (Å²) in [5, 5.41) is 6.15. The SMILES string of the molecule is Cc1cc(F)c(Br)cc1NCC(=O)Nc1ccccc1Cl. The van der Waals surface area contributed by atoms with E-state index in [4.69, 9.17) is 11.6 Å². The molecule has 0 spiro atoms. The molecular weight excluding hydrogens is 359 g/mol. The van der Waals surface area contributed by atoms with Gasteiger partial charge >= 0.3 is 0 Å². The van der Waals surface area contributed by atoms with E-state index in [0.29, 0.717) is 20.9 Å². The number of aryl methyl sites for hydroxylation is 1. The minimum atomic E-state index is -0.335. The Morgan fingerprint density at radius 1 is 1.29 bits per heavy atom. The van der Waals surface area contributed by atoms with Crippen LogP contribution < -0.4 is 10.6 Å². The van der Waals surface area contributed by atoms with E-state index in [0.717, 1.165) is 5.56 Å². The smallest absolute Gasteiger partial charge is 0.243 e. The zero-order valence-corrected chi connectivity index (χ0v) is 13.6. The maximum absolute atomic E-state index is 13.3. The third-order valence-corrected chi connectivity index (χ3v) is 3.79. The molecule has 0 fully saturated rings. The van der Waals surface area contributed by atoms with E-state index in [1.165, 1.54) is 6.07 Å². The highest BCUT2D eigenvalue weighted by Crippen LogP contribution is 2.24. The molecule has 2 rings (SSSR count). The van der Waals surface area contributed by atoms with Crippen molar-refractivity contribution >= 4 is 44.8 Å². The summed E-state index contributed by atoms with van der Waals surface area (Å²) in [6.07, 6.45) is 0. The molecule has 0 aromatic heterocycles. The van der Waals surface area contributed by atoms with Crippen LogP contribution in [0.1, 0.15) is 5.56 Å². The Balaban J connectivity index is 1.99. The summed E-state index contributed by atoms with van der Waals surface area (Å²) in [7, 11) is 0. The van der Waals surface area contributed by atoms with Crippen molar-refractivity contribution in [1.82, 2.24) is 0 Å². The maximum atomic E-state index is 13.3. The van der Waals surface area contributed by atoms with Crippen LogP contribution in [0.25, 0.3) is 0 Å². The molecule has 2 aromatic rings. The summed E-state index contributed by atoms with van der Waals surface area (Å²) in [6.45, 7) is 1.83. The Morgan fingerprint density at radius 3 is 2.71 bits per heavy atom. The monoisotopic (exact) mass is 370 g/mol. The van der Waals surface area contributed by atoms with Gasteiger partial charge in [0, 0.05) is 5.69 Å². The van der Waals surface area contributed by atoms with Crippen molar-refractivity contribution in [3.8, 4) is 0 Å². The van der Waals surface area contributed by atoms with Gasteiger partial charge in [-0.05, 0) is 52.7 Å². The van der Waals surface area contributed by atoms with E-state index in [1.807, 2.05) is 0 Å². The van der Waals surface area contributed by atoms with Crippen LogP contribution in [-0.4, -0.2) is 12.5 Å². The van der Waals surface area contributed by atoms with Crippen molar-refractivity contribution < 1.29 is 9.18 Å². The highest BCUT2D eigenvalue weighted by molar-refractivity contribution is 9.10. The first-order valence-corrected chi connectivity index (χ1v) is 7.38. The minimum Gasteiger partial charge on any atom is -0.376 e. The second-order valence-corrected chi connectivity index (χ2v) is 5.72. The van der Waals surface area contributed by atoms with Gasteiger partial charge in [0.1, 0.15) is 5.82 Å². The average Bonchev–Trinajstić information content (AvgIpc) is 2.44. The number of carbonyl (C=O) groups is 1. The highest BCUT2D eigenvalue weighted by atomic mass is 79.9. The summed E-state index contributed by atoms with van der Waals surface area (Å²) < 4.78 is 13.7. The lowest BCUT2D eigenvalue weighted by atomic mass is 10.2. The summed E-state index contributed by atoms with van der Waals surface area (Å²) in [5.41, 5.74) is 1.97. The van der Waals surface area contributed by atoms with Crippen LogP contribution in [0.3, 0.4) is 0 Å². The first kappa shape index (κ1) is 15.8. The summed E-state index contributed by atoms with van der Waals surface area (Å²) in [6, 6.07) is 10.0. The Labute approximate surface area is 135 Å². The van der Waals surface area contributed by atoms with Gasteiger partial charge in [-0.15, -0.1) is 0 Å². The van der Waals surface area contributed by atoms with Crippen molar-refractivity contribution in [2.45, 2.75) is 6.92 Å². The number of hydrogen-bond acceptors (Lipinski definition) is 2. The van der Waals surface area contributed by atoms with Crippen molar-refractivity contribution in [3.63, 3.8) is 0 Å². The van der Waals surface area contributed by atoms with E-state index in [-0.39, 0.29) is 18.3 Å². The molecule has 0 radical (unpaired) electrons. The number of nitrogens with one attached hydrogen (secondary N) is 2. The predicted octanol–water partition coefficient (Wildman–Crippen LogP) is 4.60. The van der Waals surface area contributed by atoms with Crippen molar-refractivity contribution in [1.29, 1.82) is 0 Å². The first-order chi connectivity index (χ1) is 9.97. The second-order valence-electron chi connectivity index (χ2n) is 4.46. The quantitative estimate of drug-likeness (QED) is 0.824. The number of anilines is 2. The second kappa shape index (κ2) is 6.91. The largest absolute Gasteiger partial charge is 0.376 e. The summed E-state index contributed by atoms with van der Waals surface area (Å²) >= 11 is 9.08. The molecule has 21 heavy (non-hydrogen) atoms. The van der Waals surface area contributed by atoms with Crippen LogP contribution in [0.4, 0.5) is 15.8 Å². The molecule has 1 amide bonds. The molecule has 0 unspecified atom stereocenters. The summed E-state index contributed by atoms with van der Waals surface area (Å²) in [5.74, 6) is -0.568. The molecule has 0 heterocycles. The number of amides is 1. The van der Waals surface area contributed by atoms with Crippen LogP contribution in [0.2, 0.25) is 5.02 Å². The third kappa shape index (κ3) is 4.19. The molecule has 110 valence electrons. The minimum absolute atomic E-state index is 0.0597. The van der Waals surface area contributed by atoms with Crippen LogP contribution in [0.15, 0.2) is 40.9 Å². The van der Waals surface area contributed by atoms with Gasteiger partial charge in [-0.25, -0.2) is 4.39 Å². The van der Waals surface area contributed by atoms with Gasteiger partial charge in [-0.1, -0.05) is 23.7 Å². The molecule has 0 saturated heterocycles. The normalized spacial score (nSPS) is 10.3. The van der Waals surface area contributed by atoms with Gasteiger partial charge in [0.25, 0.3) is 0 Å². The lowest BCUT2D eigenvalue weighted by molar-refractivity contribution is -0.114. The predicted molar refractivity (Wildman–Crippen MR) is 87.4 cm³/mol. The first-order valence-electron chi connectivity index (χ1n) is 6.21. The van der Waals surface area contributed by atoms with Crippen molar-refractivity contribution in [2.24, 2.45) is 0 Å².